The second kappa shape index (κ2) is 8.39. The highest BCUT2D eigenvalue weighted by Gasteiger charge is 2.50. The highest BCUT2D eigenvalue weighted by Crippen LogP contribution is 2.43. The Morgan fingerprint density at radius 2 is 1.88 bits per heavy atom. The minimum absolute atomic E-state index is 0.168. The summed E-state index contributed by atoms with van der Waals surface area (Å²) in [6, 6.07) is 19.5. The van der Waals surface area contributed by atoms with E-state index in [4.69, 9.17) is 21.1 Å². The van der Waals surface area contributed by atoms with Crippen LogP contribution in [0.5, 0.6) is 11.5 Å². The van der Waals surface area contributed by atoms with Crippen molar-refractivity contribution in [1.82, 2.24) is 0 Å². The average Bonchev–Trinajstić information content (AvgIpc) is 3.35. The van der Waals surface area contributed by atoms with Crippen molar-refractivity contribution < 1.29 is 24.2 Å². The Hall–Kier alpha value is -3.61. The summed E-state index contributed by atoms with van der Waals surface area (Å²) in [7, 11) is 0. The van der Waals surface area contributed by atoms with E-state index in [1.54, 1.807) is 66.7 Å². The Labute approximate surface area is 195 Å². The summed E-state index contributed by atoms with van der Waals surface area (Å²) >= 11 is 6.09. The summed E-state index contributed by atoms with van der Waals surface area (Å²) in [5.41, 5.74) is 0.634. The van der Waals surface area contributed by atoms with Crippen molar-refractivity contribution in [3.05, 3.63) is 94.5 Å². The Morgan fingerprint density at radius 3 is 2.73 bits per heavy atom. The van der Waals surface area contributed by atoms with Gasteiger partial charge in [-0.25, -0.2) is 0 Å². The van der Waals surface area contributed by atoms with Crippen molar-refractivity contribution in [2.45, 2.75) is 18.6 Å². The lowest BCUT2D eigenvalue weighted by molar-refractivity contribution is -0.140. The van der Waals surface area contributed by atoms with E-state index in [-0.39, 0.29) is 25.5 Å². The summed E-state index contributed by atoms with van der Waals surface area (Å²) in [4.78, 5) is 27.6. The molecule has 33 heavy (non-hydrogen) atoms. The van der Waals surface area contributed by atoms with Crippen LogP contribution in [0.3, 0.4) is 0 Å². The van der Waals surface area contributed by atoms with Crippen molar-refractivity contribution >= 4 is 35.1 Å². The van der Waals surface area contributed by atoms with Crippen LogP contribution >= 0.6 is 11.6 Å². The van der Waals surface area contributed by atoms with Gasteiger partial charge in [-0.05, 0) is 47.5 Å². The topological polar surface area (TPSA) is 76.1 Å². The van der Waals surface area contributed by atoms with Crippen LogP contribution in [0.25, 0.3) is 6.08 Å². The predicted octanol–water partition coefficient (Wildman–Crippen LogP) is 4.48. The fourth-order valence-electron chi connectivity index (χ4n) is 4.17. The first-order chi connectivity index (χ1) is 15.9. The van der Waals surface area contributed by atoms with E-state index in [1.165, 1.54) is 11.0 Å². The van der Waals surface area contributed by atoms with E-state index in [2.05, 4.69) is 0 Å². The lowest BCUT2D eigenvalue weighted by atomic mass is 9.89. The summed E-state index contributed by atoms with van der Waals surface area (Å²) < 4.78 is 10.6. The van der Waals surface area contributed by atoms with Gasteiger partial charge in [0, 0.05) is 10.6 Å². The third-order valence-electron chi connectivity index (χ3n) is 5.76. The molecule has 1 N–H and O–H groups in total. The molecule has 0 bridgehead atoms. The van der Waals surface area contributed by atoms with E-state index in [1.807, 2.05) is 6.07 Å². The van der Waals surface area contributed by atoms with Crippen molar-refractivity contribution in [2.24, 2.45) is 0 Å². The van der Waals surface area contributed by atoms with Crippen LogP contribution in [0.2, 0.25) is 5.02 Å². The first kappa shape index (κ1) is 21.2. The van der Waals surface area contributed by atoms with Gasteiger partial charge in [0.15, 0.2) is 22.9 Å². The number of ether oxygens (including phenoxy) is 2. The van der Waals surface area contributed by atoms with Gasteiger partial charge in [-0.3, -0.25) is 9.59 Å². The Morgan fingerprint density at radius 1 is 1.06 bits per heavy atom. The standard InChI is InChI=1S/C26H20ClNO5/c27-19-5-3-4-18(12-19)15-28-22-7-2-1-6-21(22)26(31,25(28)30)14-20(29)10-8-17-9-11-23-24(13-17)33-16-32-23/h1-13,31H,14-16H2/b10-8-/t26-/m0/s1. The normalized spacial score (nSPS) is 18.7. The molecule has 0 saturated heterocycles. The SMILES string of the molecule is O=C(/C=C\c1ccc2c(c1)OCO2)C[C@@]1(O)C(=O)N(Cc2cccc(Cl)c2)c2ccccc21. The summed E-state index contributed by atoms with van der Waals surface area (Å²) in [5, 5.41) is 12.0. The Bertz CT molecular complexity index is 1290. The van der Waals surface area contributed by atoms with Gasteiger partial charge in [0.25, 0.3) is 5.91 Å². The molecule has 1 amide bonds. The van der Waals surface area contributed by atoms with Gasteiger partial charge in [0.2, 0.25) is 6.79 Å². The second-order valence-electron chi connectivity index (χ2n) is 7.99. The number of rotatable bonds is 6. The minimum atomic E-state index is -1.94. The highest BCUT2D eigenvalue weighted by molar-refractivity contribution is 6.30. The van der Waals surface area contributed by atoms with E-state index in [0.717, 1.165) is 11.1 Å². The number of nitrogens with zero attached hydrogens (tertiary/aromatic N) is 1. The minimum Gasteiger partial charge on any atom is -0.454 e. The lowest BCUT2D eigenvalue weighted by Gasteiger charge is -2.22. The zero-order valence-corrected chi connectivity index (χ0v) is 18.3. The molecule has 3 aromatic carbocycles. The zero-order chi connectivity index (χ0) is 23.0. The molecule has 0 fully saturated rings. The molecule has 0 unspecified atom stereocenters. The number of para-hydroxylation sites is 1. The first-order valence-electron chi connectivity index (χ1n) is 10.4. The molecule has 166 valence electrons. The smallest absolute Gasteiger partial charge is 0.264 e. The predicted molar refractivity (Wildman–Crippen MR) is 124 cm³/mol. The quantitative estimate of drug-likeness (QED) is 0.548. The molecule has 0 aromatic heterocycles. The number of benzene rings is 3. The van der Waals surface area contributed by atoms with Crippen LogP contribution in [-0.2, 0) is 21.7 Å². The third-order valence-corrected chi connectivity index (χ3v) is 5.99. The summed E-state index contributed by atoms with van der Waals surface area (Å²) in [6.07, 6.45) is 2.63. The van der Waals surface area contributed by atoms with Crippen LogP contribution in [0, 0.1) is 0 Å². The van der Waals surface area contributed by atoms with Gasteiger partial charge < -0.3 is 19.5 Å². The number of allylic oxidation sites excluding steroid dienone is 1. The molecule has 6 nitrogen and oxygen atoms in total. The second-order valence-corrected chi connectivity index (χ2v) is 8.42. The van der Waals surface area contributed by atoms with E-state index >= 15 is 0 Å². The molecule has 1 atom stereocenters. The van der Waals surface area contributed by atoms with Crippen molar-refractivity contribution in [3.8, 4) is 11.5 Å². The Balaban J connectivity index is 1.38. The van der Waals surface area contributed by atoms with Gasteiger partial charge >= 0.3 is 0 Å². The number of hydrogen-bond donors (Lipinski definition) is 1. The van der Waals surface area contributed by atoms with Gasteiger partial charge in [0.1, 0.15) is 0 Å². The molecule has 0 spiro atoms. The molecule has 2 aliphatic heterocycles. The number of anilines is 1. The van der Waals surface area contributed by atoms with Gasteiger partial charge in [-0.15, -0.1) is 0 Å². The van der Waals surface area contributed by atoms with Crippen molar-refractivity contribution in [3.63, 3.8) is 0 Å². The van der Waals surface area contributed by atoms with Crippen LogP contribution in [-0.4, -0.2) is 23.6 Å². The molecule has 3 aromatic rings. The van der Waals surface area contributed by atoms with Crippen LogP contribution < -0.4 is 14.4 Å². The third kappa shape index (κ3) is 3.99. The maximum atomic E-state index is 13.3. The molecule has 2 aliphatic rings. The van der Waals surface area contributed by atoms with E-state index < -0.39 is 11.5 Å². The molecular formula is C26H20ClNO5. The van der Waals surface area contributed by atoms with E-state index in [9.17, 15) is 14.7 Å². The maximum absolute atomic E-state index is 13.3. The van der Waals surface area contributed by atoms with Crippen LogP contribution in [0.1, 0.15) is 23.1 Å². The molecule has 2 heterocycles. The van der Waals surface area contributed by atoms with E-state index in [0.29, 0.717) is 27.8 Å². The molecule has 0 radical (unpaired) electrons. The number of carbonyl (C=O) groups is 2. The molecule has 0 saturated carbocycles. The van der Waals surface area contributed by atoms with Crippen molar-refractivity contribution in [1.29, 1.82) is 0 Å². The number of hydrogen-bond acceptors (Lipinski definition) is 5. The molecule has 5 rings (SSSR count). The van der Waals surface area contributed by atoms with Crippen molar-refractivity contribution in [2.75, 3.05) is 11.7 Å². The van der Waals surface area contributed by atoms with Gasteiger partial charge in [-0.2, -0.15) is 0 Å². The summed E-state index contributed by atoms with van der Waals surface area (Å²) in [6.45, 7) is 0.404. The van der Waals surface area contributed by atoms with Crippen LogP contribution in [0.4, 0.5) is 5.69 Å². The number of halogens is 1. The first-order valence-corrected chi connectivity index (χ1v) is 10.8. The fourth-order valence-corrected chi connectivity index (χ4v) is 4.38. The lowest BCUT2D eigenvalue weighted by Crippen LogP contribution is -2.41. The Kier molecular flexibility index (Phi) is 5.40. The molecule has 0 aliphatic carbocycles. The van der Waals surface area contributed by atoms with Crippen LogP contribution in [0.15, 0.2) is 72.8 Å². The fraction of sp³-hybridized carbons (Fsp3) is 0.154. The summed E-state index contributed by atoms with van der Waals surface area (Å²) in [5.74, 6) is 0.358. The molecular weight excluding hydrogens is 442 g/mol. The monoisotopic (exact) mass is 461 g/mol. The zero-order valence-electron chi connectivity index (χ0n) is 17.5. The average molecular weight is 462 g/mol. The number of aliphatic hydroxyl groups is 1. The number of carbonyl (C=O) groups excluding carboxylic acids is 2. The largest absolute Gasteiger partial charge is 0.454 e. The number of amides is 1. The highest BCUT2D eigenvalue weighted by atomic mass is 35.5. The number of fused-ring (bicyclic) bond motifs is 2. The maximum Gasteiger partial charge on any atom is 0.264 e. The van der Waals surface area contributed by atoms with Gasteiger partial charge in [-0.1, -0.05) is 54.1 Å². The van der Waals surface area contributed by atoms with Gasteiger partial charge in [0.05, 0.1) is 18.7 Å². The molecule has 7 heteroatoms. The number of ketones is 1.